The van der Waals surface area contributed by atoms with Gasteiger partial charge < -0.3 is 4.57 Å². The molecule has 4 aromatic rings. The Balaban J connectivity index is 1.83. The Kier molecular flexibility index (Phi) is 6.25. The summed E-state index contributed by atoms with van der Waals surface area (Å²) >= 11 is 7.08. The molecule has 0 saturated carbocycles. The van der Waals surface area contributed by atoms with Gasteiger partial charge in [0, 0.05) is 32.3 Å². The van der Waals surface area contributed by atoms with Gasteiger partial charge in [0.2, 0.25) is 0 Å². The van der Waals surface area contributed by atoms with Crippen LogP contribution in [0.1, 0.15) is 36.1 Å². The number of halogens is 2. The van der Waals surface area contributed by atoms with E-state index in [-0.39, 0.29) is 5.56 Å². The zero-order valence-corrected chi connectivity index (χ0v) is 20.7. The second-order valence-corrected chi connectivity index (χ2v) is 9.18. The molecule has 0 fully saturated rings. The highest BCUT2D eigenvalue weighted by molar-refractivity contribution is 9.10. The highest BCUT2D eigenvalue weighted by Gasteiger charge is 2.13. The molecule has 2 aromatic heterocycles. The summed E-state index contributed by atoms with van der Waals surface area (Å²) in [5, 5.41) is 5.13. The van der Waals surface area contributed by atoms with Gasteiger partial charge in [0.25, 0.3) is 5.56 Å². The standard InChI is InChI=1S/C24H22Br2N4O/c1-4-7-23-28-21-11-10-18(25)13-19(21)24(31)30(23)27-14-17-12-15(2)29(16(17)3)22-9-6-5-8-20(22)26/h5-6,8-14H,4,7H2,1-3H3. The average Bonchev–Trinajstić information content (AvgIpc) is 3.02. The molecule has 0 atom stereocenters. The fourth-order valence-corrected chi connectivity index (χ4v) is 4.56. The van der Waals surface area contributed by atoms with Crippen molar-refractivity contribution in [2.24, 2.45) is 5.10 Å². The van der Waals surface area contributed by atoms with Crippen LogP contribution in [0.3, 0.4) is 0 Å². The minimum atomic E-state index is -0.161. The Bertz CT molecular complexity index is 1370. The smallest absolute Gasteiger partial charge is 0.282 e. The molecule has 0 unspecified atom stereocenters. The summed E-state index contributed by atoms with van der Waals surface area (Å²) in [5.41, 5.74) is 4.69. The number of hydrogen-bond donors (Lipinski definition) is 0. The molecule has 0 aliphatic rings. The number of nitrogens with zero attached hydrogens (tertiary/aromatic N) is 4. The summed E-state index contributed by atoms with van der Waals surface area (Å²) in [5.74, 6) is 0.665. The summed E-state index contributed by atoms with van der Waals surface area (Å²) < 4.78 is 5.47. The minimum Gasteiger partial charge on any atom is -0.317 e. The van der Waals surface area contributed by atoms with Crippen molar-refractivity contribution in [1.82, 2.24) is 14.2 Å². The molecule has 0 radical (unpaired) electrons. The molecule has 2 aromatic carbocycles. The fourth-order valence-electron chi connectivity index (χ4n) is 3.74. The molecule has 2 heterocycles. The first-order valence-corrected chi connectivity index (χ1v) is 11.7. The van der Waals surface area contributed by atoms with Crippen molar-refractivity contribution in [1.29, 1.82) is 0 Å². The molecule has 0 aliphatic heterocycles. The van der Waals surface area contributed by atoms with E-state index in [1.807, 2.05) is 30.3 Å². The molecule has 0 amide bonds. The molecule has 0 N–H and O–H groups in total. The van der Waals surface area contributed by atoms with Crippen LogP contribution in [0, 0.1) is 13.8 Å². The SMILES string of the molecule is CCCc1nc2ccc(Br)cc2c(=O)n1N=Cc1cc(C)n(-c2ccccc2Br)c1C. The summed E-state index contributed by atoms with van der Waals surface area (Å²) in [6, 6.07) is 15.7. The topological polar surface area (TPSA) is 52.2 Å². The van der Waals surface area contributed by atoms with Crippen LogP contribution in [-0.4, -0.2) is 20.4 Å². The van der Waals surface area contributed by atoms with Gasteiger partial charge in [-0.05, 0) is 72.6 Å². The van der Waals surface area contributed by atoms with Crippen molar-refractivity contribution in [2.45, 2.75) is 33.6 Å². The van der Waals surface area contributed by atoms with Gasteiger partial charge in [0.15, 0.2) is 0 Å². The van der Waals surface area contributed by atoms with Crippen molar-refractivity contribution in [3.63, 3.8) is 0 Å². The van der Waals surface area contributed by atoms with Gasteiger partial charge in [0.05, 0.1) is 22.8 Å². The lowest BCUT2D eigenvalue weighted by Crippen LogP contribution is -2.22. The lowest BCUT2D eigenvalue weighted by molar-refractivity contribution is 0.703. The number of fused-ring (bicyclic) bond motifs is 1. The minimum absolute atomic E-state index is 0.161. The third kappa shape index (κ3) is 4.16. The zero-order valence-electron chi connectivity index (χ0n) is 17.6. The van der Waals surface area contributed by atoms with Crippen molar-refractivity contribution in [2.75, 3.05) is 0 Å². The van der Waals surface area contributed by atoms with Crippen LogP contribution in [0.2, 0.25) is 0 Å². The third-order valence-corrected chi connectivity index (χ3v) is 6.39. The number of para-hydroxylation sites is 1. The number of aryl methyl sites for hydroxylation is 2. The van der Waals surface area contributed by atoms with Crippen LogP contribution in [0.4, 0.5) is 0 Å². The first-order chi connectivity index (χ1) is 14.9. The van der Waals surface area contributed by atoms with E-state index < -0.39 is 0 Å². The number of hydrogen-bond acceptors (Lipinski definition) is 3. The second kappa shape index (κ2) is 8.93. The van der Waals surface area contributed by atoms with Crippen LogP contribution in [-0.2, 0) is 6.42 Å². The van der Waals surface area contributed by atoms with E-state index in [4.69, 9.17) is 4.98 Å². The van der Waals surface area contributed by atoms with E-state index in [0.717, 1.165) is 38.0 Å². The molecule has 5 nitrogen and oxygen atoms in total. The molecule has 31 heavy (non-hydrogen) atoms. The van der Waals surface area contributed by atoms with Crippen LogP contribution < -0.4 is 5.56 Å². The van der Waals surface area contributed by atoms with Crippen molar-refractivity contribution >= 4 is 49.0 Å². The van der Waals surface area contributed by atoms with Gasteiger partial charge in [-0.25, -0.2) is 4.98 Å². The first-order valence-electron chi connectivity index (χ1n) is 10.1. The predicted molar refractivity (Wildman–Crippen MR) is 134 cm³/mol. The van der Waals surface area contributed by atoms with E-state index in [9.17, 15) is 4.79 Å². The Morgan fingerprint density at radius 1 is 1.10 bits per heavy atom. The fraction of sp³-hybridized carbons (Fsp3) is 0.208. The van der Waals surface area contributed by atoms with Crippen LogP contribution in [0.25, 0.3) is 16.6 Å². The van der Waals surface area contributed by atoms with Gasteiger partial charge >= 0.3 is 0 Å². The Morgan fingerprint density at radius 2 is 1.87 bits per heavy atom. The van der Waals surface area contributed by atoms with Crippen LogP contribution >= 0.6 is 31.9 Å². The lowest BCUT2D eigenvalue weighted by atomic mass is 10.2. The maximum absolute atomic E-state index is 13.2. The van der Waals surface area contributed by atoms with E-state index in [2.05, 4.69) is 74.4 Å². The number of aromatic nitrogens is 3. The lowest BCUT2D eigenvalue weighted by Gasteiger charge is -2.11. The summed E-state index contributed by atoms with van der Waals surface area (Å²) in [6.07, 6.45) is 3.30. The molecule has 0 bridgehead atoms. The highest BCUT2D eigenvalue weighted by Crippen LogP contribution is 2.26. The normalized spacial score (nSPS) is 11.6. The Morgan fingerprint density at radius 3 is 2.61 bits per heavy atom. The number of rotatable bonds is 5. The van der Waals surface area contributed by atoms with Crippen LogP contribution in [0.5, 0.6) is 0 Å². The largest absolute Gasteiger partial charge is 0.317 e. The van der Waals surface area contributed by atoms with Gasteiger partial charge in [-0.1, -0.05) is 35.0 Å². The van der Waals surface area contributed by atoms with E-state index in [1.54, 1.807) is 12.3 Å². The van der Waals surface area contributed by atoms with Gasteiger partial charge in [0.1, 0.15) is 5.82 Å². The Hall–Kier alpha value is -2.51. The van der Waals surface area contributed by atoms with Gasteiger partial charge in [-0.2, -0.15) is 9.78 Å². The van der Waals surface area contributed by atoms with E-state index >= 15 is 0 Å². The number of benzene rings is 2. The van der Waals surface area contributed by atoms with Gasteiger partial charge in [-0.3, -0.25) is 4.79 Å². The van der Waals surface area contributed by atoms with Crippen molar-refractivity contribution < 1.29 is 0 Å². The first kappa shape index (κ1) is 21.7. The van der Waals surface area contributed by atoms with Crippen LogP contribution in [0.15, 0.2) is 67.4 Å². The molecule has 0 aliphatic carbocycles. The highest BCUT2D eigenvalue weighted by atomic mass is 79.9. The molecule has 7 heteroatoms. The van der Waals surface area contributed by atoms with Crippen molar-refractivity contribution in [3.05, 3.63) is 90.6 Å². The average molecular weight is 542 g/mol. The quantitative estimate of drug-likeness (QED) is 0.284. The molecule has 158 valence electrons. The summed E-state index contributed by atoms with van der Waals surface area (Å²) in [7, 11) is 0. The molecule has 4 rings (SSSR count). The Labute approximate surface area is 197 Å². The third-order valence-electron chi connectivity index (χ3n) is 5.22. The molecule has 0 spiro atoms. The maximum Gasteiger partial charge on any atom is 0.282 e. The summed E-state index contributed by atoms with van der Waals surface area (Å²) in [4.78, 5) is 17.9. The molecular formula is C24H22Br2N4O. The molecule has 0 saturated heterocycles. The second-order valence-electron chi connectivity index (χ2n) is 7.41. The zero-order chi connectivity index (χ0) is 22.1. The van der Waals surface area contributed by atoms with E-state index in [1.165, 1.54) is 4.68 Å². The predicted octanol–water partition coefficient (Wildman–Crippen LogP) is 6.16. The maximum atomic E-state index is 13.2. The summed E-state index contributed by atoms with van der Waals surface area (Å²) in [6.45, 7) is 6.18. The molecular weight excluding hydrogens is 520 g/mol. The van der Waals surface area contributed by atoms with Crippen molar-refractivity contribution in [3.8, 4) is 5.69 Å². The monoisotopic (exact) mass is 540 g/mol. The van der Waals surface area contributed by atoms with Gasteiger partial charge in [-0.15, -0.1) is 0 Å². The van der Waals surface area contributed by atoms with E-state index in [0.29, 0.717) is 23.1 Å².